The highest BCUT2D eigenvalue weighted by atomic mass is 16.2. The van der Waals surface area contributed by atoms with Gasteiger partial charge in [0, 0.05) is 0 Å². The van der Waals surface area contributed by atoms with E-state index in [9.17, 15) is 4.79 Å². The molecular formula is C12H18N8O. The molecule has 3 heterocycles. The first kappa shape index (κ1) is 13.7. The van der Waals surface area contributed by atoms with Crippen LogP contribution in [0.4, 0.5) is 0 Å². The summed E-state index contributed by atoms with van der Waals surface area (Å²) >= 11 is 0. The largest absolute Gasteiger partial charge is 0.341 e. The third-order valence-electron chi connectivity index (χ3n) is 3.62. The van der Waals surface area contributed by atoms with Crippen LogP contribution in [0.25, 0.3) is 0 Å². The fourth-order valence-electron chi connectivity index (χ4n) is 2.39. The van der Waals surface area contributed by atoms with Crippen molar-refractivity contribution in [2.45, 2.75) is 31.8 Å². The van der Waals surface area contributed by atoms with Gasteiger partial charge in [-0.15, -0.1) is 5.10 Å². The predicted molar refractivity (Wildman–Crippen MR) is 73.4 cm³/mol. The molecule has 1 aliphatic rings. The van der Waals surface area contributed by atoms with Gasteiger partial charge in [0.2, 0.25) is 0 Å². The molecule has 1 fully saturated rings. The fourth-order valence-corrected chi connectivity index (χ4v) is 2.39. The summed E-state index contributed by atoms with van der Waals surface area (Å²) in [5, 5.41) is 20.6. The number of rotatable bonds is 4. The van der Waals surface area contributed by atoms with E-state index in [4.69, 9.17) is 0 Å². The Morgan fingerprint density at radius 3 is 3.00 bits per heavy atom. The normalized spacial score (nSPS) is 17.6. The van der Waals surface area contributed by atoms with Crippen LogP contribution in [0.2, 0.25) is 0 Å². The van der Waals surface area contributed by atoms with Crippen LogP contribution in [0.3, 0.4) is 0 Å². The summed E-state index contributed by atoms with van der Waals surface area (Å²) in [5.74, 6) is 0.341. The number of nitrogens with zero attached hydrogens (tertiary/aromatic N) is 5. The van der Waals surface area contributed by atoms with Crippen molar-refractivity contribution in [3.8, 4) is 0 Å². The average molecular weight is 290 g/mol. The van der Waals surface area contributed by atoms with E-state index in [1.807, 2.05) is 6.92 Å². The number of carbonyl (C=O) groups is 1. The van der Waals surface area contributed by atoms with Crippen LogP contribution in [0, 0.1) is 0 Å². The maximum atomic E-state index is 12.1. The van der Waals surface area contributed by atoms with Gasteiger partial charge in [0.1, 0.15) is 12.2 Å². The molecule has 2 aromatic rings. The summed E-state index contributed by atoms with van der Waals surface area (Å²) in [6, 6.07) is 0.0519. The zero-order valence-corrected chi connectivity index (χ0v) is 11.8. The Morgan fingerprint density at radius 1 is 1.48 bits per heavy atom. The zero-order chi connectivity index (χ0) is 14.7. The number of carbonyl (C=O) groups excluding carboxylic acids is 1. The lowest BCUT2D eigenvalue weighted by molar-refractivity contribution is 0.0933. The molecule has 1 saturated heterocycles. The average Bonchev–Trinajstić information content (AvgIpc) is 3.20. The molecule has 0 aromatic carbocycles. The van der Waals surface area contributed by atoms with E-state index in [0.717, 1.165) is 25.9 Å². The van der Waals surface area contributed by atoms with E-state index in [2.05, 4.69) is 36.1 Å². The first-order valence-corrected chi connectivity index (χ1v) is 7.02. The van der Waals surface area contributed by atoms with Crippen LogP contribution >= 0.6 is 0 Å². The maximum absolute atomic E-state index is 12.1. The minimum Gasteiger partial charge on any atom is -0.341 e. The van der Waals surface area contributed by atoms with Crippen molar-refractivity contribution in [3.05, 3.63) is 24.0 Å². The van der Waals surface area contributed by atoms with Crippen molar-refractivity contribution < 1.29 is 4.79 Å². The molecule has 0 radical (unpaired) electrons. The first-order valence-electron chi connectivity index (χ1n) is 7.02. The zero-order valence-electron chi connectivity index (χ0n) is 11.8. The Balaban J connectivity index is 1.63. The predicted octanol–water partition coefficient (Wildman–Crippen LogP) is -0.188. The molecule has 0 spiro atoms. The van der Waals surface area contributed by atoms with Crippen LogP contribution in [0.15, 0.2) is 12.5 Å². The Kier molecular flexibility index (Phi) is 3.91. The van der Waals surface area contributed by atoms with E-state index in [1.165, 1.54) is 6.33 Å². The van der Waals surface area contributed by atoms with Crippen molar-refractivity contribution in [1.82, 2.24) is 40.8 Å². The Bertz CT molecular complexity index is 586. The van der Waals surface area contributed by atoms with Gasteiger partial charge in [-0.3, -0.25) is 9.89 Å². The lowest BCUT2D eigenvalue weighted by Gasteiger charge is -2.22. The maximum Gasteiger partial charge on any atom is 0.274 e. The van der Waals surface area contributed by atoms with E-state index in [0.29, 0.717) is 17.6 Å². The molecule has 1 atom stereocenters. The van der Waals surface area contributed by atoms with Crippen molar-refractivity contribution in [2.75, 3.05) is 13.1 Å². The molecular weight excluding hydrogens is 272 g/mol. The Hall–Kier alpha value is -2.29. The molecule has 21 heavy (non-hydrogen) atoms. The van der Waals surface area contributed by atoms with Gasteiger partial charge in [0.15, 0.2) is 5.69 Å². The molecule has 0 bridgehead atoms. The third kappa shape index (κ3) is 3.07. The van der Waals surface area contributed by atoms with E-state index in [1.54, 1.807) is 10.9 Å². The van der Waals surface area contributed by atoms with Gasteiger partial charge < -0.3 is 10.6 Å². The minimum absolute atomic E-state index is 0.260. The second kappa shape index (κ2) is 6.00. The standard InChI is InChI=1S/C12H18N8O/c1-8(11-14-7-15-18-11)16-12(21)10-6-20(19-17-10)9-2-4-13-5-3-9/h6-9,13H,2-5H2,1H3,(H,16,21)(H,14,15,18). The van der Waals surface area contributed by atoms with Gasteiger partial charge in [0.25, 0.3) is 5.91 Å². The topological polar surface area (TPSA) is 113 Å². The molecule has 112 valence electrons. The van der Waals surface area contributed by atoms with Gasteiger partial charge in [0.05, 0.1) is 18.3 Å². The van der Waals surface area contributed by atoms with E-state index < -0.39 is 0 Å². The van der Waals surface area contributed by atoms with Crippen LogP contribution < -0.4 is 10.6 Å². The second-order valence-corrected chi connectivity index (χ2v) is 5.13. The first-order chi connectivity index (χ1) is 10.2. The van der Waals surface area contributed by atoms with E-state index in [-0.39, 0.29) is 11.9 Å². The highest BCUT2D eigenvalue weighted by Crippen LogP contribution is 2.17. The fraction of sp³-hybridized carbons (Fsp3) is 0.583. The monoisotopic (exact) mass is 290 g/mol. The van der Waals surface area contributed by atoms with Crippen LogP contribution in [0.1, 0.15) is 48.2 Å². The smallest absolute Gasteiger partial charge is 0.274 e. The van der Waals surface area contributed by atoms with Crippen LogP contribution in [0.5, 0.6) is 0 Å². The van der Waals surface area contributed by atoms with E-state index >= 15 is 0 Å². The number of piperidine rings is 1. The molecule has 3 N–H and O–H groups in total. The molecule has 1 aliphatic heterocycles. The highest BCUT2D eigenvalue weighted by Gasteiger charge is 2.20. The van der Waals surface area contributed by atoms with Gasteiger partial charge in [-0.05, 0) is 32.9 Å². The van der Waals surface area contributed by atoms with Gasteiger partial charge >= 0.3 is 0 Å². The molecule has 0 saturated carbocycles. The number of aromatic nitrogens is 6. The quantitative estimate of drug-likeness (QED) is 0.719. The number of hydrogen-bond donors (Lipinski definition) is 3. The molecule has 9 nitrogen and oxygen atoms in total. The molecule has 9 heteroatoms. The Morgan fingerprint density at radius 2 is 2.29 bits per heavy atom. The number of H-pyrrole nitrogens is 1. The summed E-state index contributed by atoms with van der Waals surface area (Å²) < 4.78 is 1.79. The molecule has 1 unspecified atom stereocenters. The van der Waals surface area contributed by atoms with Gasteiger partial charge in [-0.1, -0.05) is 5.21 Å². The molecule has 2 aromatic heterocycles. The van der Waals surface area contributed by atoms with Crippen molar-refractivity contribution in [2.24, 2.45) is 0 Å². The minimum atomic E-state index is -0.265. The van der Waals surface area contributed by atoms with Crippen molar-refractivity contribution in [3.63, 3.8) is 0 Å². The lowest BCUT2D eigenvalue weighted by Crippen LogP contribution is -2.29. The Labute approximate surface area is 121 Å². The third-order valence-corrected chi connectivity index (χ3v) is 3.62. The number of nitrogens with one attached hydrogen (secondary N) is 3. The summed E-state index contributed by atoms with van der Waals surface area (Å²) in [5.41, 5.74) is 0.319. The second-order valence-electron chi connectivity index (χ2n) is 5.13. The molecule has 0 aliphatic carbocycles. The van der Waals surface area contributed by atoms with Crippen molar-refractivity contribution in [1.29, 1.82) is 0 Å². The number of amides is 1. The summed E-state index contributed by atoms with van der Waals surface area (Å²) in [7, 11) is 0. The number of hydrogen-bond acceptors (Lipinski definition) is 6. The summed E-state index contributed by atoms with van der Waals surface area (Å²) in [6.07, 6.45) is 5.11. The molecule has 1 amide bonds. The van der Waals surface area contributed by atoms with Crippen molar-refractivity contribution >= 4 is 5.91 Å². The van der Waals surface area contributed by atoms with Crippen LogP contribution in [-0.2, 0) is 0 Å². The van der Waals surface area contributed by atoms with Gasteiger partial charge in [-0.25, -0.2) is 9.67 Å². The summed E-state index contributed by atoms with van der Waals surface area (Å²) in [4.78, 5) is 16.2. The highest BCUT2D eigenvalue weighted by molar-refractivity contribution is 5.92. The number of aromatic amines is 1. The SMILES string of the molecule is CC(NC(=O)c1cn(C2CCNCC2)nn1)c1ncn[nH]1. The summed E-state index contributed by atoms with van der Waals surface area (Å²) in [6.45, 7) is 3.76. The van der Waals surface area contributed by atoms with Crippen LogP contribution in [-0.4, -0.2) is 49.2 Å². The lowest BCUT2D eigenvalue weighted by atomic mass is 10.1. The van der Waals surface area contributed by atoms with Gasteiger partial charge in [-0.2, -0.15) is 5.10 Å². The molecule has 3 rings (SSSR count).